The van der Waals surface area contributed by atoms with Gasteiger partial charge in [-0.25, -0.2) is 4.79 Å². The number of ether oxygens (including phenoxy) is 2. The van der Waals surface area contributed by atoms with E-state index in [9.17, 15) is 14.4 Å². The summed E-state index contributed by atoms with van der Waals surface area (Å²) in [5, 5.41) is 1.89. The van der Waals surface area contributed by atoms with Gasteiger partial charge in [0.2, 0.25) is 5.91 Å². The Balaban J connectivity index is 1.35. The molecule has 0 radical (unpaired) electrons. The number of carbonyl (C=O) groups excluding carboxylic acids is 3. The minimum absolute atomic E-state index is 0.232. The average molecular weight is 623 g/mol. The molecule has 232 valence electrons. The van der Waals surface area contributed by atoms with Gasteiger partial charge in [0, 0.05) is 0 Å². The second-order valence-electron chi connectivity index (χ2n) is 12.1. The van der Waals surface area contributed by atoms with Gasteiger partial charge in [0.1, 0.15) is 23.5 Å². The van der Waals surface area contributed by atoms with E-state index in [4.69, 9.17) is 9.47 Å². The van der Waals surface area contributed by atoms with E-state index in [-0.39, 0.29) is 23.8 Å². The Morgan fingerprint density at radius 2 is 1.29 bits per heavy atom. The first kappa shape index (κ1) is 31.9. The first-order chi connectivity index (χ1) is 21.6. The summed E-state index contributed by atoms with van der Waals surface area (Å²) in [5.41, 5.74) is 1.70. The molecule has 7 nitrogen and oxygen atoms in total. The highest BCUT2D eigenvalue weighted by Crippen LogP contribution is 2.47. The molecule has 4 aromatic carbocycles. The largest absolute Gasteiger partial charge is 0.491 e. The first-order valence-electron chi connectivity index (χ1n) is 15.0. The summed E-state index contributed by atoms with van der Waals surface area (Å²) < 4.78 is 11.2. The highest BCUT2D eigenvalue weighted by molar-refractivity contribution is 8.15. The Hall–Kier alpha value is -4.56. The molecule has 0 bridgehead atoms. The number of thioether (sulfide) groups is 1. The standard InChI is InChI=1S/C37H38N2O5S/c1-26(38-34(41)44-36(2,3)4)25-43-31-22-20-27(21-23-31)24-32-33(40)39(35(42)45-32)37(28-14-8-5-9-15-28,29-16-10-6-11-17-29)30-18-12-7-13-19-30/h5-23,26,32H,24-25H2,1-4H3,(H,38,41)/t26-,32?/m1/s1. The fraction of sp³-hybridized carbons (Fsp3) is 0.270. The van der Waals surface area contributed by atoms with Gasteiger partial charge in [0.05, 0.1) is 11.3 Å². The number of hydrogen-bond donors (Lipinski definition) is 1. The molecule has 1 N–H and O–H groups in total. The quantitative estimate of drug-likeness (QED) is 0.184. The number of carbonyl (C=O) groups is 3. The lowest BCUT2D eigenvalue weighted by molar-refractivity contribution is -0.129. The molecule has 45 heavy (non-hydrogen) atoms. The molecule has 0 aromatic heterocycles. The van der Waals surface area contributed by atoms with Crippen LogP contribution in [0.1, 0.15) is 49.9 Å². The van der Waals surface area contributed by atoms with Crippen molar-refractivity contribution in [1.82, 2.24) is 10.2 Å². The summed E-state index contributed by atoms with van der Waals surface area (Å²) in [6.07, 6.45) is -0.107. The topological polar surface area (TPSA) is 84.9 Å². The second-order valence-corrected chi connectivity index (χ2v) is 13.2. The third kappa shape index (κ3) is 7.23. The van der Waals surface area contributed by atoms with Crippen molar-refractivity contribution in [2.24, 2.45) is 0 Å². The van der Waals surface area contributed by atoms with E-state index < -0.39 is 22.5 Å². The molecule has 1 heterocycles. The van der Waals surface area contributed by atoms with E-state index in [0.29, 0.717) is 12.2 Å². The molecular weight excluding hydrogens is 584 g/mol. The van der Waals surface area contributed by atoms with Crippen LogP contribution in [0, 0.1) is 0 Å². The first-order valence-corrected chi connectivity index (χ1v) is 15.9. The summed E-state index contributed by atoms with van der Waals surface area (Å²) in [7, 11) is 0. The van der Waals surface area contributed by atoms with Gasteiger partial charge in [-0.05, 0) is 68.5 Å². The number of rotatable bonds is 10. The predicted molar refractivity (Wildman–Crippen MR) is 177 cm³/mol. The predicted octanol–water partition coefficient (Wildman–Crippen LogP) is 7.58. The van der Waals surface area contributed by atoms with E-state index in [1.807, 2.05) is 143 Å². The molecule has 0 spiro atoms. The number of alkyl carbamates (subject to hydrolysis) is 1. The number of amides is 3. The van der Waals surface area contributed by atoms with Gasteiger partial charge in [0.15, 0.2) is 0 Å². The van der Waals surface area contributed by atoms with Crippen molar-refractivity contribution in [1.29, 1.82) is 0 Å². The van der Waals surface area contributed by atoms with E-state index >= 15 is 0 Å². The van der Waals surface area contributed by atoms with Crippen LogP contribution in [-0.2, 0) is 21.5 Å². The van der Waals surface area contributed by atoms with Gasteiger partial charge in [-0.2, -0.15) is 0 Å². The van der Waals surface area contributed by atoms with Gasteiger partial charge in [-0.3, -0.25) is 14.5 Å². The van der Waals surface area contributed by atoms with Crippen molar-refractivity contribution in [2.45, 2.75) is 56.5 Å². The van der Waals surface area contributed by atoms with E-state index in [0.717, 1.165) is 34.0 Å². The molecule has 4 aromatic rings. The maximum atomic E-state index is 14.3. The zero-order chi connectivity index (χ0) is 32.0. The number of nitrogens with one attached hydrogen (secondary N) is 1. The molecule has 1 saturated heterocycles. The van der Waals surface area contributed by atoms with Crippen LogP contribution in [0.5, 0.6) is 5.75 Å². The number of benzene rings is 4. The zero-order valence-corrected chi connectivity index (χ0v) is 26.8. The van der Waals surface area contributed by atoms with Gasteiger partial charge in [0.25, 0.3) is 5.24 Å². The zero-order valence-electron chi connectivity index (χ0n) is 25.9. The molecular formula is C37H38N2O5S. The third-order valence-electron chi connectivity index (χ3n) is 7.44. The Morgan fingerprint density at radius 3 is 1.76 bits per heavy atom. The minimum atomic E-state index is -1.14. The van der Waals surface area contributed by atoms with Crippen LogP contribution in [0.3, 0.4) is 0 Å². The molecule has 1 aliphatic rings. The van der Waals surface area contributed by atoms with E-state index in [1.165, 1.54) is 4.90 Å². The molecule has 0 saturated carbocycles. The van der Waals surface area contributed by atoms with Crippen LogP contribution in [0.25, 0.3) is 0 Å². The fourth-order valence-electron chi connectivity index (χ4n) is 5.52. The summed E-state index contributed by atoms with van der Waals surface area (Å²) >= 11 is 1.07. The lowest BCUT2D eigenvalue weighted by Crippen LogP contribution is -2.51. The summed E-state index contributed by atoms with van der Waals surface area (Å²) in [6, 6.07) is 36.5. The number of nitrogens with zero attached hydrogens (tertiary/aromatic N) is 1. The van der Waals surface area contributed by atoms with Crippen molar-refractivity contribution >= 4 is 29.0 Å². The van der Waals surface area contributed by atoms with E-state index in [1.54, 1.807) is 0 Å². The molecule has 1 unspecified atom stereocenters. The van der Waals surface area contributed by atoms with Crippen LogP contribution in [-0.4, -0.2) is 45.6 Å². The van der Waals surface area contributed by atoms with Gasteiger partial charge < -0.3 is 14.8 Å². The van der Waals surface area contributed by atoms with Crippen molar-refractivity contribution in [3.63, 3.8) is 0 Å². The maximum Gasteiger partial charge on any atom is 0.407 e. The highest BCUT2D eigenvalue weighted by Gasteiger charge is 2.53. The van der Waals surface area contributed by atoms with Crippen molar-refractivity contribution in [3.8, 4) is 5.75 Å². The molecule has 0 aliphatic carbocycles. The van der Waals surface area contributed by atoms with Crippen LogP contribution >= 0.6 is 11.8 Å². The number of hydrogen-bond acceptors (Lipinski definition) is 6. The monoisotopic (exact) mass is 622 g/mol. The smallest absolute Gasteiger partial charge is 0.407 e. The summed E-state index contributed by atoms with van der Waals surface area (Å²) in [5.74, 6) is 0.403. The van der Waals surface area contributed by atoms with Gasteiger partial charge in [-0.15, -0.1) is 0 Å². The molecule has 2 atom stereocenters. The Morgan fingerprint density at radius 1 is 0.800 bits per heavy atom. The molecule has 1 aliphatic heterocycles. The van der Waals surface area contributed by atoms with E-state index in [2.05, 4.69) is 5.32 Å². The minimum Gasteiger partial charge on any atom is -0.491 e. The van der Waals surface area contributed by atoms with Crippen LogP contribution < -0.4 is 10.1 Å². The van der Waals surface area contributed by atoms with Crippen LogP contribution in [0.2, 0.25) is 0 Å². The summed E-state index contributed by atoms with van der Waals surface area (Å²) in [6.45, 7) is 7.54. The van der Waals surface area contributed by atoms with Crippen molar-refractivity contribution in [3.05, 3.63) is 138 Å². The fourth-order valence-corrected chi connectivity index (χ4v) is 6.58. The number of imide groups is 1. The molecule has 1 fully saturated rings. The Labute approximate surface area is 268 Å². The Bertz CT molecular complexity index is 1510. The highest BCUT2D eigenvalue weighted by atomic mass is 32.2. The van der Waals surface area contributed by atoms with Crippen LogP contribution in [0.4, 0.5) is 9.59 Å². The maximum absolute atomic E-state index is 14.3. The van der Waals surface area contributed by atoms with Crippen molar-refractivity contribution in [2.75, 3.05) is 6.61 Å². The second kappa shape index (κ2) is 13.6. The van der Waals surface area contributed by atoms with Gasteiger partial charge >= 0.3 is 6.09 Å². The normalized spacial score (nSPS) is 15.9. The lowest BCUT2D eigenvalue weighted by Gasteiger charge is -2.42. The van der Waals surface area contributed by atoms with Gasteiger partial charge in [-0.1, -0.05) is 115 Å². The lowest BCUT2D eigenvalue weighted by atomic mass is 9.75. The molecule has 8 heteroatoms. The summed E-state index contributed by atoms with van der Waals surface area (Å²) in [4.78, 5) is 41.7. The third-order valence-corrected chi connectivity index (χ3v) is 8.48. The van der Waals surface area contributed by atoms with Crippen LogP contribution in [0.15, 0.2) is 115 Å². The molecule has 3 amide bonds. The average Bonchev–Trinajstić information content (AvgIpc) is 3.30. The molecule has 5 rings (SSSR count). The van der Waals surface area contributed by atoms with Crippen molar-refractivity contribution < 1.29 is 23.9 Å². The SMILES string of the molecule is C[C@H](COc1ccc(CC2SC(=O)N(C(c3ccccc3)(c3ccccc3)c3ccccc3)C2=O)cc1)NC(=O)OC(C)(C)C. The Kier molecular flexibility index (Phi) is 9.63.